The maximum Gasteiger partial charge on any atom is 0.323 e. The summed E-state index contributed by atoms with van der Waals surface area (Å²) in [5.74, 6) is -2.34. The van der Waals surface area contributed by atoms with E-state index in [4.69, 9.17) is 0 Å². The maximum absolute atomic E-state index is 10.6. The van der Waals surface area contributed by atoms with E-state index < -0.39 is 29.3 Å². The molecule has 0 aromatic heterocycles. The monoisotopic (exact) mass is 159 g/mol. The van der Waals surface area contributed by atoms with Crippen LogP contribution in [-0.4, -0.2) is 23.4 Å². The number of hydrogen-bond acceptors (Lipinski definition) is 5. The van der Waals surface area contributed by atoms with Crippen molar-refractivity contribution in [2.75, 3.05) is 6.54 Å². The Morgan fingerprint density at radius 2 is 2.27 bits per heavy atom. The average Bonchev–Trinajstić information content (AvgIpc) is 2.09. The van der Waals surface area contributed by atoms with Crippen LogP contribution in [-0.2, 0) is 14.3 Å². The number of carbonyl (C=O) groups is 2. The van der Waals surface area contributed by atoms with Crippen LogP contribution >= 0.6 is 0 Å². The number of ether oxygens (including phenoxy) is 1. The third-order valence-electron chi connectivity index (χ3n) is 1.33. The minimum Gasteiger partial charge on any atom is -0.393 e. The first-order valence-electron chi connectivity index (χ1n) is 2.96. The zero-order valence-electron chi connectivity index (χ0n) is 5.48. The molecule has 1 unspecified atom stereocenters. The van der Waals surface area contributed by atoms with Crippen LogP contribution in [0.5, 0.6) is 0 Å². The number of esters is 2. The molecule has 0 aromatic carbocycles. The summed E-state index contributed by atoms with van der Waals surface area (Å²) in [5.41, 5.74) is 0. The molecule has 1 rings (SSSR count). The smallest absolute Gasteiger partial charge is 0.323 e. The molecule has 1 aliphatic rings. The van der Waals surface area contributed by atoms with Gasteiger partial charge in [-0.3, -0.25) is 19.7 Å². The minimum absolute atomic E-state index is 0.167. The molecular weight excluding hydrogens is 154 g/mol. The number of rotatable bonds is 2. The lowest BCUT2D eigenvalue weighted by molar-refractivity contribution is -0.485. The van der Waals surface area contributed by atoms with Crippen LogP contribution in [0, 0.1) is 16.0 Å². The molecule has 1 heterocycles. The zero-order chi connectivity index (χ0) is 8.43. The summed E-state index contributed by atoms with van der Waals surface area (Å²) in [6, 6.07) is 0. The van der Waals surface area contributed by atoms with Crippen LogP contribution < -0.4 is 0 Å². The van der Waals surface area contributed by atoms with E-state index in [1.54, 1.807) is 0 Å². The van der Waals surface area contributed by atoms with Crippen LogP contribution in [0.2, 0.25) is 0 Å². The van der Waals surface area contributed by atoms with Crippen LogP contribution in [0.4, 0.5) is 0 Å². The molecular formula is C5H5NO5. The Labute approximate surface area is 61.3 Å². The number of nitro groups is 1. The molecule has 6 heteroatoms. The Morgan fingerprint density at radius 3 is 2.64 bits per heavy atom. The van der Waals surface area contributed by atoms with Crippen molar-refractivity contribution in [2.45, 2.75) is 6.42 Å². The lowest BCUT2D eigenvalue weighted by atomic mass is 10.1. The predicted molar refractivity (Wildman–Crippen MR) is 31.1 cm³/mol. The third kappa shape index (κ3) is 1.73. The Kier molecular flexibility index (Phi) is 1.84. The highest BCUT2D eigenvalue weighted by Gasteiger charge is 2.36. The van der Waals surface area contributed by atoms with Crippen molar-refractivity contribution in [3.63, 3.8) is 0 Å². The highest BCUT2D eigenvalue weighted by molar-refractivity contribution is 5.94. The van der Waals surface area contributed by atoms with Crippen molar-refractivity contribution in [1.82, 2.24) is 0 Å². The van der Waals surface area contributed by atoms with Crippen LogP contribution in [0.1, 0.15) is 6.42 Å². The van der Waals surface area contributed by atoms with Gasteiger partial charge in [0.25, 0.3) is 0 Å². The van der Waals surface area contributed by atoms with Gasteiger partial charge in [-0.25, -0.2) is 0 Å². The fourth-order valence-corrected chi connectivity index (χ4v) is 0.841. The normalized spacial score (nSPS) is 23.5. The summed E-state index contributed by atoms with van der Waals surface area (Å²) < 4.78 is 4.09. The fourth-order valence-electron chi connectivity index (χ4n) is 0.841. The van der Waals surface area contributed by atoms with E-state index >= 15 is 0 Å². The van der Waals surface area contributed by atoms with Gasteiger partial charge in [0.1, 0.15) is 5.92 Å². The highest BCUT2D eigenvalue weighted by Crippen LogP contribution is 2.15. The third-order valence-corrected chi connectivity index (χ3v) is 1.33. The lowest BCUT2D eigenvalue weighted by Crippen LogP contribution is -2.18. The molecule has 0 aromatic rings. The van der Waals surface area contributed by atoms with Crippen molar-refractivity contribution >= 4 is 11.9 Å². The van der Waals surface area contributed by atoms with Crippen molar-refractivity contribution in [1.29, 1.82) is 0 Å². The van der Waals surface area contributed by atoms with Gasteiger partial charge >= 0.3 is 11.9 Å². The Balaban J connectivity index is 2.53. The summed E-state index contributed by atoms with van der Waals surface area (Å²) in [6.45, 7) is -0.523. The average molecular weight is 159 g/mol. The first kappa shape index (κ1) is 7.64. The van der Waals surface area contributed by atoms with Crippen molar-refractivity contribution < 1.29 is 19.2 Å². The molecule has 1 aliphatic heterocycles. The Hall–Kier alpha value is -1.46. The molecule has 1 saturated heterocycles. The highest BCUT2D eigenvalue weighted by atomic mass is 16.6. The van der Waals surface area contributed by atoms with Crippen LogP contribution in [0.25, 0.3) is 0 Å². The van der Waals surface area contributed by atoms with E-state index in [9.17, 15) is 19.7 Å². The number of cyclic esters (lactones) is 2. The molecule has 0 N–H and O–H groups in total. The van der Waals surface area contributed by atoms with Gasteiger partial charge in [-0.2, -0.15) is 0 Å². The van der Waals surface area contributed by atoms with E-state index in [2.05, 4.69) is 4.74 Å². The summed E-state index contributed by atoms with van der Waals surface area (Å²) in [5, 5.41) is 9.89. The van der Waals surface area contributed by atoms with E-state index in [0.29, 0.717) is 0 Å². The second-order valence-electron chi connectivity index (χ2n) is 2.21. The summed E-state index contributed by atoms with van der Waals surface area (Å²) >= 11 is 0. The number of hydrogen-bond donors (Lipinski definition) is 0. The maximum atomic E-state index is 10.6. The lowest BCUT2D eigenvalue weighted by Gasteiger charge is -1.94. The minimum atomic E-state index is -0.877. The molecule has 11 heavy (non-hydrogen) atoms. The van der Waals surface area contributed by atoms with Gasteiger partial charge in [-0.15, -0.1) is 0 Å². The Morgan fingerprint density at radius 1 is 1.64 bits per heavy atom. The topological polar surface area (TPSA) is 86.5 Å². The van der Waals surface area contributed by atoms with Gasteiger partial charge in [-0.05, 0) is 0 Å². The summed E-state index contributed by atoms with van der Waals surface area (Å²) in [4.78, 5) is 30.2. The van der Waals surface area contributed by atoms with Crippen molar-refractivity contribution in [3.05, 3.63) is 10.1 Å². The summed E-state index contributed by atoms with van der Waals surface area (Å²) in [7, 11) is 0. The second kappa shape index (κ2) is 2.65. The molecule has 0 aliphatic carbocycles. The Bertz CT molecular complexity index is 223. The fraction of sp³-hybridized carbons (Fsp3) is 0.600. The van der Waals surface area contributed by atoms with E-state index in [-0.39, 0.29) is 6.42 Å². The van der Waals surface area contributed by atoms with Gasteiger partial charge in [0.05, 0.1) is 6.42 Å². The SMILES string of the molecule is O=C1CC(C[N+](=O)[O-])C(=O)O1. The van der Waals surface area contributed by atoms with Gasteiger partial charge in [-0.1, -0.05) is 0 Å². The van der Waals surface area contributed by atoms with Crippen LogP contribution in [0.15, 0.2) is 0 Å². The molecule has 1 fully saturated rings. The number of carbonyl (C=O) groups excluding carboxylic acids is 2. The molecule has 0 amide bonds. The van der Waals surface area contributed by atoms with E-state index in [1.165, 1.54) is 0 Å². The van der Waals surface area contributed by atoms with Crippen LogP contribution in [0.3, 0.4) is 0 Å². The van der Waals surface area contributed by atoms with Crippen molar-refractivity contribution in [2.24, 2.45) is 5.92 Å². The quantitative estimate of drug-likeness (QED) is 0.231. The molecule has 0 saturated carbocycles. The van der Waals surface area contributed by atoms with E-state index in [1.807, 2.05) is 0 Å². The standard InChI is InChI=1S/C5H5NO5/c7-4-1-3(2-6(9)10)5(8)11-4/h3H,1-2H2. The molecule has 0 radical (unpaired) electrons. The second-order valence-corrected chi connectivity index (χ2v) is 2.21. The molecule has 0 bridgehead atoms. The van der Waals surface area contributed by atoms with Gasteiger partial charge in [0.2, 0.25) is 6.54 Å². The largest absolute Gasteiger partial charge is 0.393 e. The first-order chi connectivity index (χ1) is 5.09. The first-order valence-corrected chi connectivity index (χ1v) is 2.96. The van der Waals surface area contributed by atoms with Gasteiger partial charge in [0.15, 0.2) is 0 Å². The zero-order valence-corrected chi connectivity index (χ0v) is 5.48. The predicted octanol–water partition coefficient (Wildman–Crippen LogP) is -0.647. The molecule has 6 nitrogen and oxygen atoms in total. The van der Waals surface area contributed by atoms with Gasteiger partial charge in [0, 0.05) is 4.92 Å². The molecule has 0 spiro atoms. The van der Waals surface area contributed by atoms with Gasteiger partial charge < -0.3 is 4.74 Å². The number of nitrogens with zero attached hydrogens (tertiary/aromatic N) is 1. The molecule has 1 atom stereocenters. The van der Waals surface area contributed by atoms with E-state index in [0.717, 1.165) is 0 Å². The summed E-state index contributed by atoms with van der Waals surface area (Å²) in [6.07, 6.45) is -0.167. The van der Waals surface area contributed by atoms with Crippen molar-refractivity contribution in [3.8, 4) is 0 Å². The molecule has 60 valence electrons.